The molecular formula is C29H22ClN3O4S. The molecule has 2 aromatic heterocycles. The van der Waals surface area contributed by atoms with Crippen LogP contribution in [0.15, 0.2) is 83.0 Å². The maximum atomic E-state index is 13.3. The van der Waals surface area contributed by atoms with E-state index >= 15 is 0 Å². The van der Waals surface area contributed by atoms with E-state index in [1.54, 1.807) is 29.6 Å². The van der Waals surface area contributed by atoms with Crippen LogP contribution in [0, 0.1) is 6.92 Å². The Morgan fingerprint density at radius 3 is 2.42 bits per heavy atom. The van der Waals surface area contributed by atoms with Crippen LogP contribution < -0.4 is 10.9 Å². The van der Waals surface area contributed by atoms with E-state index in [-0.39, 0.29) is 11.3 Å². The first-order chi connectivity index (χ1) is 18.3. The normalized spacial score (nSPS) is 10.9. The Labute approximate surface area is 227 Å². The van der Waals surface area contributed by atoms with Gasteiger partial charge >= 0.3 is 5.97 Å². The van der Waals surface area contributed by atoms with E-state index in [0.29, 0.717) is 32.2 Å². The van der Waals surface area contributed by atoms with Gasteiger partial charge in [-0.15, -0.1) is 11.3 Å². The number of ether oxygens (including phenoxy) is 1. The highest BCUT2D eigenvalue weighted by Crippen LogP contribution is 2.32. The highest BCUT2D eigenvalue weighted by Gasteiger charge is 2.24. The summed E-state index contributed by atoms with van der Waals surface area (Å²) in [5, 5.41) is 6.44. The molecule has 0 spiro atoms. The van der Waals surface area contributed by atoms with E-state index in [1.165, 1.54) is 23.0 Å². The van der Waals surface area contributed by atoms with Crippen molar-refractivity contribution in [2.45, 2.75) is 6.92 Å². The smallest absolute Gasteiger partial charge is 0.356 e. The van der Waals surface area contributed by atoms with Crippen molar-refractivity contribution < 1.29 is 14.3 Å². The number of hydrogen-bond acceptors (Lipinski definition) is 6. The number of halogens is 1. The lowest BCUT2D eigenvalue weighted by Gasteiger charge is -2.17. The minimum atomic E-state index is -0.781. The van der Waals surface area contributed by atoms with Crippen molar-refractivity contribution in [1.82, 2.24) is 9.55 Å². The largest absolute Gasteiger partial charge is 0.451 e. The predicted molar refractivity (Wildman–Crippen MR) is 151 cm³/mol. The first-order valence-corrected chi connectivity index (χ1v) is 13.0. The molecule has 0 aliphatic carbocycles. The SMILES string of the molecule is Cc1ccc(-c2c(C(=O)OCC(=O)Nc3nc(-c4ccccc4Cl)cs3)n(C)c(=O)c3ccccc23)cc1. The Morgan fingerprint density at radius 2 is 1.68 bits per heavy atom. The lowest BCUT2D eigenvalue weighted by molar-refractivity contribution is -0.119. The van der Waals surface area contributed by atoms with Gasteiger partial charge in [-0.1, -0.05) is 77.8 Å². The van der Waals surface area contributed by atoms with E-state index < -0.39 is 18.5 Å². The molecule has 0 radical (unpaired) electrons. The number of fused-ring (bicyclic) bond motifs is 1. The standard InChI is InChI=1S/C29H22ClN3O4S/c1-17-11-13-18(14-12-17)25-19-7-3-4-8-20(19)27(35)33(2)26(25)28(36)37-15-24(34)32-29-31-23(16-38-29)21-9-5-6-10-22(21)30/h3-14,16H,15H2,1-2H3,(H,31,32,34). The topological polar surface area (TPSA) is 90.3 Å². The van der Waals surface area contributed by atoms with Gasteiger partial charge in [0.15, 0.2) is 11.7 Å². The zero-order chi connectivity index (χ0) is 26.8. The van der Waals surface area contributed by atoms with Crippen molar-refractivity contribution >= 4 is 50.7 Å². The van der Waals surface area contributed by atoms with E-state index in [0.717, 1.165) is 16.7 Å². The summed E-state index contributed by atoms with van der Waals surface area (Å²) >= 11 is 7.47. The van der Waals surface area contributed by atoms with Crippen LogP contribution in [-0.2, 0) is 16.6 Å². The maximum absolute atomic E-state index is 13.3. The summed E-state index contributed by atoms with van der Waals surface area (Å²) in [6.45, 7) is 1.42. The van der Waals surface area contributed by atoms with Crippen LogP contribution in [0.25, 0.3) is 33.2 Å². The molecule has 0 aliphatic heterocycles. The summed E-state index contributed by atoms with van der Waals surface area (Å²) in [6.07, 6.45) is 0. The number of aromatic nitrogens is 2. The lowest BCUT2D eigenvalue weighted by atomic mass is 9.96. The van der Waals surface area contributed by atoms with Crippen molar-refractivity contribution in [3.05, 3.63) is 105 Å². The number of aryl methyl sites for hydroxylation is 1. The number of nitrogens with one attached hydrogen (secondary N) is 1. The van der Waals surface area contributed by atoms with Gasteiger partial charge in [0.1, 0.15) is 5.69 Å². The van der Waals surface area contributed by atoms with E-state index in [9.17, 15) is 14.4 Å². The monoisotopic (exact) mass is 543 g/mol. The summed E-state index contributed by atoms with van der Waals surface area (Å²) in [4.78, 5) is 43.4. The number of benzene rings is 3. The number of esters is 1. The third-order valence-electron chi connectivity index (χ3n) is 6.07. The second-order valence-electron chi connectivity index (χ2n) is 8.64. The van der Waals surface area contributed by atoms with Crippen molar-refractivity contribution in [2.24, 2.45) is 7.05 Å². The van der Waals surface area contributed by atoms with E-state index in [1.807, 2.05) is 55.5 Å². The van der Waals surface area contributed by atoms with E-state index in [4.69, 9.17) is 16.3 Å². The molecule has 0 fully saturated rings. The first kappa shape index (κ1) is 25.4. The Bertz CT molecular complexity index is 1740. The molecule has 0 saturated carbocycles. The van der Waals surface area contributed by atoms with Crippen molar-refractivity contribution in [3.8, 4) is 22.4 Å². The van der Waals surface area contributed by atoms with Crippen molar-refractivity contribution in [2.75, 3.05) is 11.9 Å². The number of hydrogen-bond donors (Lipinski definition) is 1. The van der Waals surface area contributed by atoms with Crippen LogP contribution in [0.4, 0.5) is 5.13 Å². The van der Waals surface area contributed by atoms with Gasteiger partial charge in [-0.25, -0.2) is 9.78 Å². The molecule has 0 atom stereocenters. The fraction of sp³-hybridized carbons (Fsp3) is 0.103. The Balaban J connectivity index is 1.40. The summed E-state index contributed by atoms with van der Waals surface area (Å²) in [6, 6.07) is 22.0. The summed E-state index contributed by atoms with van der Waals surface area (Å²) < 4.78 is 6.66. The summed E-state index contributed by atoms with van der Waals surface area (Å²) in [7, 11) is 1.52. The minimum Gasteiger partial charge on any atom is -0.451 e. The fourth-order valence-electron chi connectivity index (χ4n) is 4.20. The van der Waals surface area contributed by atoms with Crippen molar-refractivity contribution in [3.63, 3.8) is 0 Å². The van der Waals surface area contributed by atoms with Crippen LogP contribution in [0.1, 0.15) is 16.1 Å². The number of anilines is 1. The molecule has 2 heterocycles. The molecule has 5 rings (SSSR count). The van der Waals surface area contributed by atoms with Crippen LogP contribution in [-0.4, -0.2) is 28.0 Å². The van der Waals surface area contributed by atoms with Crippen LogP contribution in [0.3, 0.4) is 0 Å². The number of nitrogens with zero attached hydrogens (tertiary/aromatic N) is 2. The van der Waals surface area contributed by atoms with Gasteiger partial charge in [0.2, 0.25) is 0 Å². The molecule has 0 saturated heterocycles. The van der Waals surface area contributed by atoms with Gasteiger partial charge in [-0.2, -0.15) is 0 Å². The third-order valence-corrected chi connectivity index (χ3v) is 7.16. The second-order valence-corrected chi connectivity index (χ2v) is 9.91. The number of carbonyl (C=O) groups is 2. The third kappa shape index (κ3) is 4.96. The quantitative estimate of drug-likeness (QED) is 0.262. The average Bonchev–Trinajstić information content (AvgIpc) is 3.38. The molecule has 5 aromatic rings. The molecule has 0 bridgehead atoms. The molecule has 0 aliphatic rings. The molecule has 190 valence electrons. The summed E-state index contributed by atoms with van der Waals surface area (Å²) in [5.41, 5.74) is 3.50. The Morgan fingerprint density at radius 1 is 1.00 bits per heavy atom. The second kappa shape index (κ2) is 10.6. The van der Waals surface area contributed by atoms with Crippen molar-refractivity contribution in [1.29, 1.82) is 0 Å². The fourth-order valence-corrected chi connectivity index (χ4v) is 5.15. The van der Waals surface area contributed by atoms with Gasteiger partial charge < -0.3 is 9.30 Å². The molecule has 0 unspecified atom stereocenters. The van der Waals surface area contributed by atoms with Gasteiger partial charge in [-0.05, 0) is 30.0 Å². The zero-order valence-electron chi connectivity index (χ0n) is 20.5. The molecule has 38 heavy (non-hydrogen) atoms. The number of rotatable bonds is 6. The number of pyridine rings is 1. The number of amides is 1. The minimum absolute atomic E-state index is 0.0700. The molecule has 1 N–H and O–H groups in total. The Hall–Kier alpha value is -4.27. The molecule has 9 heteroatoms. The zero-order valence-corrected chi connectivity index (χ0v) is 22.1. The predicted octanol–water partition coefficient (Wildman–Crippen LogP) is 6.09. The highest BCUT2D eigenvalue weighted by atomic mass is 35.5. The van der Waals surface area contributed by atoms with Crippen LogP contribution in [0.2, 0.25) is 5.02 Å². The van der Waals surface area contributed by atoms with Crippen LogP contribution in [0.5, 0.6) is 0 Å². The van der Waals surface area contributed by atoms with Gasteiger partial charge in [0.25, 0.3) is 11.5 Å². The van der Waals surface area contributed by atoms with Gasteiger partial charge in [-0.3, -0.25) is 14.9 Å². The van der Waals surface area contributed by atoms with Gasteiger partial charge in [0, 0.05) is 34.0 Å². The van der Waals surface area contributed by atoms with Crippen LogP contribution >= 0.6 is 22.9 Å². The average molecular weight is 544 g/mol. The molecule has 3 aromatic carbocycles. The maximum Gasteiger partial charge on any atom is 0.356 e. The number of thiazole rings is 1. The molecule has 1 amide bonds. The number of carbonyl (C=O) groups excluding carboxylic acids is 2. The highest BCUT2D eigenvalue weighted by molar-refractivity contribution is 7.14. The van der Waals surface area contributed by atoms with E-state index in [2.05, 4.69) is 10.3 Å². The molecular weight excluding hydrogens is 522 g/mol. The lowest BCUT2D eigenvalue weighted by Crippen LogP contribution is -2.28. The molecule has 7 nitrogen and oxygen atoms in total. The van der Waals surface area contributed by atoms with Gasteiger partial charge in [0.05, 0.1) is 5.69 Å². The Kier molecular flexibility index (Phi) is 7.09. The first-order valence-electron chi connectivity index (χ1n) is 11.7. The summed E-state index contributed by atoms with van der Waals surface area (Å²) in [5.74, 6) is -1.34.